The molecule has 0 radical (unpaired) electrons. The summed E-state index contributed by atoms with van der Waals surface area (Å²) in [5.74, 6) is 0.867. The second kappa shape index (κ2) is 5.89. The zero-order chi connectivity index (χ0) is 13.2. The molecule has 0 amide bonds. The van der Waals surface area contributed by atoms with Gasteiger partial charge in [-0.05, 0) is 50.5 Å². The molecule has 2 saturated carbocycles. The monoisotopic (exact) mass is 254 g/mol. The predicted octanol–water partition coefficient (Wildman–Crippen LogP) is 2.25. The molecule has 0 saturated heterocycles. The molecule has 3 heteroatoms. The Morgan fingerprint density at radius 2 is 2.00 bits per heavy atom. The van der Waals surface area contributed by atoms with Gasteiger partial charge in [0, 0.05) is 25.2 Å². The molecule has 2 unspecified atom stereocenters. The Labute approximate surface area is 112 Å². The van der Waals surface area contributed by atoms with Crippen LogP contribution >= 0.6 is 0 Å². The quantitative estimate of drug-likeness (QED) is 0.739. The van der Waals surface area contributed by atoms with Gasteiger partial charge in [0.25, 0.3) is 0 Å². The van der Waals surface area contributed by atoms with Crippen molar-refractivity contribution < 1.29 is 4.74 Å². The van der Waals surface area contributed by atoms with Crippen molar-refractivity contribution in [2.75, 3.05) is 26.8 Å². The number of rotatable bonds is 6. The minimum atomic E-state index is 0.339. The second-order valence-electron chi connectivity index (χ2n) is 7.14. The van der Waals surface area contributed by atoms with Gasteiger partial charge in [0.1, 0.15) is 0 Å². The maximum absolute atomic E-state index is 6.28. The van der Waals surface area contributed by atoms with Crippen LogP contribution in [0.25, 0.3) is 0 Å². The molecule has 2 N–H and O–H groups in total. The van der Waals surface area contributed by atoms with Crippen LogP contribution in [0.5, 0.6) is 0 Å². The Bertz CT molecular complexity index is 263. The number of hydrogen-bond acceptors (Lipinski definition) is 3. The third-order valence-corrected chi connectivity index (χ3v) is 4.62. The highest BCUT2D eigenvalue weighted by Gasteiger charge is 2.34. The van der Waals surface area contributed by atoms with E-state index in [1.165, 1.54) is 25.7 Å². The van der Waals surface area contributed by atoms with Crippen LogP contribution in [-0.4, -0.2) is 43.8 Å². The van der Waals surface area contributed by atoms with E-state index < -0.39 is 0 Å². The molecule has 0 aromatic heterocycles. The number of hydrogen-bond donors (Lipinski definition) is 1. The molecule has 0 aromatic carbocycles. The lowest BCUT2D eigenvalue weighted by molar-refractivity contribution is 0.0561. The second-order valence-corrected chi connectivity index (χ2v) is 7.14. The van der Waals surface area contributed by atoms with Gasteiger partial charge in [-0.2, -0.15) is 0 Å². The molecule has 2 fully saturated rings. The van der Waals surface area contributed by atoms with Gasteiger partial charge < -0.3 is 10.5 Å². The van der Waals surface area contributed by atoms with E-state index in [-0.39, 0.29) is 0 Å². The third kappa shape index (κ3) is 4.22. The first-order valence-corrected chi connectivity index (χ1v) is 7.51. The van der Waals surface area contributed by atoms with Crippen LogP contribution in [0.1, 0.15) is 46.0 Å². The van der Waals surface area contributed by atoms with E-state index in [0.717, 1.165) is 32.1 Å². The summed E-state index contributed by atoms with van der Waals surface area (Å²) in [6, 6.07) is 0.865. The highest BCUT2D eigenvalue weighted by molar-refractivity contribution is 4.92. The molecule has 2 atom stereocenters. The van der Waals surface area contributed by atoms with Crippen LogP contribution in [0.3, 0.4) is 0 Å². The molecule has 2 rings (SSSR count). The minimum absolute atomic E-state index is 0.339. The van der Waals surface area contributed by atoms with Crippen LogP contribution < -0.4 is 5.73 Å². The fraction of sp³-hybridized carbons (Fsp3) is 1.00. The van der Waals surface area contributed by atoms with Crippen LogP contribution in [0.4, 0.5) is 0 Å². The van der Waals surface area contributed by atoms with Gasteiger partial charge in [-0.3, -0.25) is 4.90 Å². The molecular formula is C15H30N2O. The van der Waals surface area contributed by atoms with Gasteiger partial charge in [-0.15, -0.1) is 0 Å². The SMILES string of the molecule is CN(CCOCC1CC1)C1CC(C)(C)CCC1N. The van der Waals surface area contributed by atoms with Crippen molar-refractivity contribution in [2.24, 2.45) is 17.1 Å². The number of likely N-dealkylation sites (N-methyl/N-ethyl adjacent to an activating group) is 1. The zero-order valence-electron chi connectivity index (χ0n) is 12.3. The Morgan fingerprint density at radius 3 is 2.67 bits per heavy atom. The standard InChI is InChI=1S/C15H30N2O/c1-15(2)7-6-13(16)14(10-15)17(3)8-9-18-11-12-4-5-12/h12-14H,4-11,16H2,1-3H3. The first kappa shape index (κ1) is 14.3. The summed E-state index contributed by atoms with van der Waals surface area (Å²) >= 11 is 0. The van der Waals surface area contributed by atoms with Crippen LogP contribution in [-0.2, 0) is 4.74 Å². The van der Waals surface area contributed by atoms with Crippen LogP contribution in [0.2, 0.25) is 0 Å². The summed E-state index contributed by atoms with van der Waals surface area (Å²) in [5, 5.41) is 0. The van der Waals surface area contributed by atoms with Crippen molar-refractivity contribution in [1.29, 1.82) is 0 Å². The smallest absolute Gasteiger partial charge is 0.0593 e. The molecule has 2 aliphatic carbocycles. The minimum Gasteiger partial charge on any atom is -0.380 e. The molecule has 0 aromatic rings. The summed E-state index contributed by atoms with van der Waals surface area (Å²) in [7, 11) is 2.20. The summed E-state index contributed by atoms with van der Waals surface area (Å²) in [5.41, 5.74) is 6.73. The van der Waals surface area contributed by atoms with Crippen LogP contribution in [0, 0.1) is 11.3 Å². The van der Waals surface area contributed by atoms with Gasteiger partial charge in [0.2, 0.25) is 0 Å². The van der Waals surface area contributed by atoms with Gasteiger partial charge in [0.15, 0.2) is 0 Å². The van der Waals surface area contributed by atoms with Crippen molar-refractivity contribution >= 4 is 0 Å². The first-order valence-electron chi connectivity index (χ1n) is 7.51. The van der Waals surface area contributed by atoms with Crippen molar-refractivity contribution in [1.82, 2.24) is 4.90 Å². The lowest BCUT2D eigenvalue weighted by Gasteiger charge is -2.43. The fourth-order valence-corrected chi connectivity index (χ4v) is 2.96. The maximum Gasteiger partial charge on any atom is 0.0593 e. The number of ether oxygens (including phenoxy) is 1. The summed E-state index contributed by atoms with van der Waals surface area (Å²) < 4.78 is 5.72. The number of nitrogens with zero attached hydrogens (tertiary/aromatic N) is 1. The summed E-state index contributed by atoms with van der Waals surface area (Å²) in [4.78, 5) is 2.42. The van der Waals surface area contributed by atoms with Gasteiger partial charge in [-0.1, -0.05) is 13.8 Å². The lowest BCUT2D eigenvalue weighted by atomic mass is 9.73. The van der Waals surface area contributed by atoms with Gasteiger partial charge >= 0.3 is 0 Å². The molecule has 0 heterocycles. The fourth-order valence-electron chi connectivity index (χ4n) is 2.96. The predicted molar refractivity (Wildman–Crippen MR) is 75.6 cm³/mol. The lowest BCUT2D eigenvalue weighted by Crippen LogP contribution is -2.52. The van der Waals surface area contributed by atoms with E-state index in [1.807, 2.05) is 0 Å². The highest BCUT2D eigenvalue weighted by atomic mass is 16.5. The molecule has 3 nitrogen and oxygen atoms in total. The van der Waals surface area contributed by atoms with E-state index in [4.69, 9.17) is 10.5 Å². The van der Waals surface area contributed by atoms with E-state index >= 15 is 0 Å². The molecular weight excluding hydrogens is 224 g/mol. The maximum atomic E-state index is 6.28. The Morgan fingerprint density at radius 1 is 1.28 bits per heavy atom. The zero-order valence-corrected chi connectivity index (χ0v) is 12.3. The van der Waals surface area contributed by atoms with E-state index in [0.29, 0.717) is 17.5 Å². The van der Waals surface area contributed by atoms with Crippen molar-refractivity contribution in [3.8, 4) is 0 Å². The topological polar surface area (TPSA) is 38.5 Å². The Balaban J connectivity index is 1.69. The Kier molecular flexibility index (Phi) is 4.68. The molecule has 2 aliphatic rings. The van der Waals surface area contributed by atoms with Gasteiger partial charge in [-0.25, -0.2) is 0 Å². The molecule has 106 valence electrons. The van der Waals surface area contributed by atoms with E-state index in [1.54, 1.807) is 0 Å². The molecule has 0 spiro atoms. The molecule has 0 aliphatic heterocycles. The summed E-state index contributed by atoms with van der Waals surface area (Å²) in [6.45, 7) is 7.57. The van der Waals surface area contributed by atoms with E-state index in [2.05, 4.69) is 25.8 Å². The first-order chi connectivity index (χ1) is 8.48. The summed E-state index contributed by atoms with van der Waals surface area (Å²) in [6.07, 6.45) is 6.38. The molecule has 18 heavy (non-hydrogen) atoms. The van der Waals surface area contributed by atoms with Crippen molar-refractivity contribution in [2.45, 2.75) is 58.0 Å². The largest absolute Gasteiger partial charge is 0.380 e. The average Bonchev–Trinajstić information content (AvgIpc) is 3.11. The van der Waals surface area contributed by atoms with Crippen LogP contribution in [0.15, 0.2) is 0 Å². The number of nitrogens with two attached hydrogens (primary N) is 1. The van der Waals surface area contributed by atoms with E-state index in [9.17, 15) is 0 Å². The highest BCUT2D eigenvalue weighted by Crippen LogP contribution is 2.36. The average molecular weight is 254 g/mol. The molecule has 0 bridgehead atoms. The van der Waals surface area contributed by atoms with Gasteiger partial charge in [0.05, 0.1) is 6.61 Å². The third-order valence-electron chi connectivity index (χ3n) is 4.62. The van der Waals surface area contributed by atoms with Crippen molar-refractivity contribution in [3.63, 3.8) is 0 Å². The Hall–Kier alpha value is -0.120. The normalized spacial score (nSPS) is 31.8. The van der Waals surface area contributed by atoms with Crippen molar-refractivity contribution in [3.05, 3.63) is 0 Å².